The summed E-state index contributed by atoms with van der Waals surface area (Å²) in [5.41, 5.74) is 0.735. The largest absolute Gasteiger partial charge is 0.306 e. The first-order valence-corrected chi connectivity index (χ1v) is 8.29. The predicted molar refractivity (Wildman–Crippen MR) is 85.4 cm³/mol. The van der Waals surface area contributed by atoms with E-state index in [1.165, 1.54) is 38.4 Å². The second-order valence-electron chi connectivity index (χ2n) is 5.82. The van der Waals surface area contributed by atoms with Crippen molar-refractivity contribution in [2.45, 2.75) is 45.2 Å². The van der Waals surface area contributed by atoms with E-state index in [1.807, 2.05) is 19.1 Å². The fourth-order valence-corrected chi connectivity index (χ4v) is 3.28. The van der Waals surface area contributed by atoms with Crippen LogP contribution in [0, 0.1) is 5.82 Å². The lowest BCUT2D eigenvalue weighted by Crippen LogP contribution is -2.42. The first kappa shape index (κ1) is 15.9. The van der Waals surface area contributed by atoms with Gasteiger partial charge < -0.3 is 10.2 Å². The second kappa shape index (κ2) is 7.53. The van der Waals surface area contributed by atoms with Gasteiger partial charge in [0.05, 0.1) is 0 Å². The zero-order valence-electron chi connectivity index (χ0n) is 12.3. The van der Waals surface area contributed by atoms with E-state index in [-0.39, 0.29) is 11.9 Å². The molecule has 2 rings (SSSR count). The number of halogens is 2. The quantitative estimate of drug-likeness (QED) is 0.865. The SMILES string of the molecule is CC(CN1CCCCC1)NC(C)c1ccc(Br)cc1F. The molecule has 1 saturated heterocycles. The van der Waals surface area contributed by atoms with Gasteiger partial charge in [-0.25, -0.2) is 4.39 Å². The first-order chi connectivity index (χ1) is 9.56. The number of nitrogens with zero attached hydrogens (tertiary/aromatic N) is 1. The highest BCUT2D eigenvalue weighted by molar-refractivity contribution is 9.10. The van der Waals surface area contributed by atoms with Gasteiger partial charge in [0.15, 0.2) is 0 Å². The molecule has 1 N–H and O–H groups in total. The first-order valence-electron chi connectivity index (χ1n) is 7.49. The van der Waals surface area contributed by atoms with E-state index in [4.69, 9.17) is 0 Å². The number of hydrogen-bond donors (Lipinski definition) is 1. The maximum atomic E-state index is 13.9. The topological polar surface area (TPSA) is 15.3 Å². The van der Waals surface area contributed by atoms with Gasteiger partial charge in [-0.1, -0.05) is 28.4 Å². The van der Waals surface area contributed by atoms with Crippen molar-refractivity contribution in [1.29, 1.82) is 0 Å². The Balaban J connectivity index is 1.87. The molecule has 1 heterocycles. The Morgan fingerprint density at radius 2 is 1.95 bits per heavy atom. The Bertz CT molecular complexity index is 432. The van der Waals surface area contributed by atoms with Crippen molar-refractivity contribution in [3.05, 3.63) is 34.1 Å². The monoisotopic (exact) mass is 342 g/mol. The summed E-state index contributed by atoms with van der Waals surface area (Å²) in [6.07, 6.45) is 3.98. The third kappa shape index (κ3) is 4.54. The molecule has 0 amide bonds. The maximum absolute atomic E-state index is 13.9. The summed E-state index contributed by atoms with van der Waals surface area (Å²) in [4.78, 5) is 2.51. The highest BCUT2D eigenvalue weighted by Gasteiger charge is 2.17. The summed E-state index contributed by atoms with van der Waals surface area (Å²) in [5.74, 6) is -0.149. The molecular weight excluding hydrogens is 319 g/mol. The van der Waals surface area contributed by atoms with Gasteiger partial charge in [0, 0.05) is 28.7 Å². The lowest BCUT2D eigenvalue weighted by Gasteiger charge is -2.30. The van der Waals surface area contributed by atoms with Crippen LogP contribution >= 0.6 is 15.9 Å². The minimum Gasteiger partial charge on any atom is -0.306 e. The molecule has 2 nitrogen and oxygen atoms in total. The normalized spacial score (nSPS) is 19.8. The van der Waals surface area contributed by atoms with Crippen LogP contribution in [-0.2, 0) is 0 Å². The van der Waals surface area contributed by atoms with Crippen LogP contribution in [0.15, 0.2) is 22.7 Å². The number of hydrogen-bond acceptors (Lipinski definition) is 2. The number of likely N-dealkylation sites (tertiary alicyclic amines) is 1. The second-order valence-corrected chi connectivity index (χ2v) is 6.73. The molecule has 1 aromatic rings. The van der Waals surface area contributed by atoms with E-state index in [2.05, 4.69) is 33.1 Å². The summed E-state index contributed by atoms with van der Waals surface area (Å²) < 4.78 is 14.7. The van der Waals surface area contributed by atoms with Crippen LogP contribution in [0.3, 0.4) is 0 Å². The van der Waals surface area contributed by atoms with E-state index in [9.17, 15) is 4.39 Å². The van der Waals surface area contributed by atoms with Crippen molar-refractivity contribution >= 4 is 15.9 Å². The van der Waals surface area contributed by atoms with Gasteiger partial charge in [-0.2, -0.15) is 0 Å². The van der Waals surface area contributed by atoms with Crippen LogP contribution in [0.5, 0.6) is 0 Å². The molecule has 4 heteroatoms. The van der Waals surface area contributed by atoms with E-state index in [0.29, 0.717) is 6.04 Å². The van der Waals surface area contributed by atoms with E-state index in [0.717, 1.165) is 16.6 Å². The predicted octanol–water partition coefficient (Wildman–Crippen LogP) is 4.11. The molecule has 0 spiro atoms. The van der Waals surface area contributed by atoms with E-state index >= 15 is 0 Å². The Hall–Kier alpha value is -0.450. The summed E-state index contributed by atoms with van der Waals surface area (Å²) >= 11 is 3.29. The highest BCUT2D eigenvalue weighted by Crippen LogP contribution is 2.21. The number of nitrogens with one attached hydrogen (secondary N) is 1. The molecule has 0 saturated carbocycles. The van der Waals surface area contributed by atoms with E-state index < -0.39 is 0 Å². The molecule has 1 aliphatic rings. The minimum atomic E-state index is -0.149. The van der Waals surface area contributed by atoms with Gasteiger partial charge in [-0.15, -0.1) is 0 Å². The van der Waals surface area contributed by atoms with Gasteiger partial charge in [0.1, 0.15) is 5.82 Å². The molecule has 2 atom stereocenters. The third-order valence-corrected chi connectivity index (χ3v) is 4.44. The summed E-state index contributed by atoms with van der Waals surface area (Å²) in [7, 11) is 0. The Morgan fingerprint density at radius 1 is 1.25 bits per heavy atom. The van der Waals surface area contributed by atoms with Gasteiger partial charge in [0.2, 0.25) is 0 Å². The van der Waals surface area contributed by atoms with Crippen molar-refractivity contribution in [2.24, 2.45) is 0 Å². The summed E-state index contributed by atoms with van der Waals surface area (Å²) in [6, 6.07) is 5.67. The molecule has 2 unspecified atom stereocenters. The third-order valence-electron chi connectivity index (χ3n) is 3.94. The van der Waals surface area contributed by atoms with E-state index in [1.54, 1.807) is 0 Å². The van der Waals surface area contributed by atoms with Crippen LogP contribution in [0.1, 0.15) is 44.7 Å². The standard InChI is InChI=1S/C16H24BrFN2/c1-12(11-20-8-4-3-5-9-20)19-13(2)15-7-6-14(17)10-16(15)18/h6-7,10,12-13,19H,3-5,8-9,11H2,1-2H3. The molecule has 1 aliphatic heterocycles. The van der Waals surface area contributed by atoms with Crippen LogP contribution in [0.25, 0.3) is 0 Å². The lowest BCUT2D eigenvalue weighted by molar-refractivity contribution is 0.205. The van der Waals surface area contributed by atoms with Crippen LogP contribution < -0.4 is 5.32 Å². The molecule has 0 aliphatic carbocycles. The van der Waals surface area contributed by atoms with Crippen LogP contribution in [0.4, 0.5) is 4.39 Å². The molecule has 0 radical (unpaired) electrons. The minimum absolute atomic E-state index is 0.0305. The molecule has 0 aromatic heterocycles. The Labute approximate surface area is 129 Å². The van der Waals surface area contributed by atoms with Crippen molar-refractivity contribution in [3.8, 4) is 0 Å². The lowest BCUT2D eigenvalue weighted by atomic mass is 10.1. The molecule has 1 fully saturated rings. The van der Waals surface area contributed by atoms with Crippen LogP contribution in [-0.4, -0.2) is 30.6 Å². The summed E-state index contributed by atoms with van der Waals surface area (Å²) in [6.45, 7) is 7.66. The van der Waals surface area contributed by atoms with Crippen LogP contribution in [0.2, 0.25) is 0 Å². The van der Waals surface area contributed by atoms with Crippen molar-refractivity contribution in [3.63, 3.8) is 0 Å². The van der Waals surface area contributed by atoms with Crippen molar-refractivity contribution in [1.82, 2.24) is 10.2 Å². The number of piperidine rings is 1. The molecular formula is C16H24BrFN2. The number of rotatable bonds is 5. The molecule has 1 aromatic carbocycles. The zero-order chi connectivity index (χ0) is 14.5. The van der Waals surface area contributed by atoms with Crippen molar-refractivity contribution < 1.29 is 4.39 Å². The van der Waals surface area contributed by atoms with Gasteiger partial charge in [-0.3, -0.25) is 0 Å². The van der Waals surface area contributed by atoms with Crippen molar-refractivity contribution in [2.75, 3.05) is 19.6 Å². The Kier molecular flexibility index (Phi) is 6.00. The molecule has 112 valence electrons. The molecule has 0 bridgehead atoms. The fraction of sp³-hybridized carbons (Fsp3) is 0.625. The molecule has 20 heavy (non-hydrogen) atoms. The number of benzene rings is 1. The average Bonchev–Trinajstić information content (AvgIpc) is 2.39. The maximum Gasteiger partial charge on any atom is 0.129 e. The van der Waals surface area contributed by atoms with Gasteiger partial charge in [-0.05, 0) is 51.9 Å². The fourth-order valence-electron chi connectivity index (χ4n) is 2.95. The van der Waals surface area contributed by atoms with Gasteiger partial charge in [0.25, 0.3) is 0 Å². The summed E-state index contributed by atoms with van der Waals surface area (Å²) in [5, 5.41) is 3.51. The Morgan fingerprint density at radius 3 is 2.60 bits per heavy atom. The average molecular weight is 343 g/mol. The van der Waals surface area contributed by atoms with Gasteiger partial charge >= 0.3 is 0 Å². The zero-order valence-corrected chi connectivity index (χ0v) is 13.9. The highest BCUT2D eigenvalue weighted by atomic mass is 79.9. The smallest absolute Gasteiger partial charge is 0.129 e.